The third-order valence-electron chi connectivity index (χ3n) is 3.65. The smallest absolute Gasteiger partial charge is 0.109 e. The second-order valence-corrected chi connectivity index (χ2v) is 5.00. The molecule has 0 saturated heterocycles. The van der Waals surface area contributed by atoms with Gasteiger partial charge in [0.15, 0.2) is 0 Å². The van der Waals surface area contributed by atoms with Crippen molar-refractivity contribution >= 4 is 11.0 Å². The van der Waals surface area contributed by atoms with Gasteiger partial charge in [0.2, 0.25) is 0 Å². The summed E-state index contributed by atoms with van der Waals surface area (Å²) in [5.41, 5.74) is 7.44. The number of rotatable bonds is 1. The number of aromatic nitrogens is 5. The summed E-state index contributed by atoms with van der Waals surface area (Å²) in [5, 5.41) is 8.73. The van der Waals surface area contributed by atoms with Crippen molar-refractivity contribution < 1.29 is 0 Å². The van der Waals surface area contributed by atoms with Crippen LogP contribution in [-0.2, 0) is 14.1 Å². The first-order valence-corrected chi connectivity index (χ1v) is 6.29. The van der Waals surface area contributed by atoms with Gasteiger partial charge in [-0.2, -0.15) is 10.2 Å². The molecule has 0 aliphatic rings. The molecule has 3 aromatic rings. The van der Waals surface area contributed by atoms with Crippen LogP contribution in [0.2, 0.25) is 0 Å². The Labute approximate surface area is 111 Å². The molecule has 5 heteroatoms. The van der Waals surface area contributed by atoms with Gasteiger partial charge < -0.3 is 0 Å². The van der Waals surface area contributed by atoms with E-state index < -0.39 is 0 Å². The van der Waals surface area contributed by atoms with Crippen molar-refractivity contribution in [2.45, 2.75) is 20.8 Å². The highest BCUT2D eigenvalue weighted by Gasteiger charge is 2.15. The third kappa shape index (κ3) is 1.65. The van der Waals surface area contributed by atoms with E-state index in [1.54, 1.807) is 0 Å². The fraction of sp³-hybridized carbons (Fsp3) is 0.357. The number of aryl methyl sites for hydroxylation is 4. The van der Waals surface area contributed by atoms with Crippen LogP contribution in [0.5, 0.6) is 0 Å². The maximum absolute atomic E-state index is 4.73. The largest absolute Gasteiger partial charge is 0.272 e. The van der Waals surface area contributed by atoms with E-state index in [9.17, 15) is 0 Å². The molecular weight excluding hydrogens is 238 g/mol. The minimum atomic E-state index is 0.931. The molecular formula is C14H17N5. The molecule has 3 aromatic heterocycles. The summed E-state index contributed by atoms with van der Waals surface area (Å²) in [5.74, 6) is 0. The van der Waals surface area contributed by atoms with Gasteiger partial charge in [0.25, 0.3) is 0 Å². The molecule has 0 aromatic carbocycles. The van der Waals surface area contributed by atoms with Gasteiger partial charge in [-0.05, 0) is 32.4 Å². The van der Waals surface area contributed by atoms with E-state index >= 15 is 0 Å². The van der Waals surface area contributed by atoms with E-state index in [0.29, 0.717) is 0 Å². The molecule has 0 fully saturated rings. The second-order valence-electron chi connectivity index (χ2n) is 5.00. The van der Waals surface area contributed by atoms with Crippen molar-refractivity contribution in [3.05, 3.63) is 29.2 Å². The molecule has 0 atom stereocenters. The molecule has 5 nitrogen and oxygen atoms in total. The van der Waals surface area contributed by atoms with E-state index in [-0.39, 0.29) is 0 Å². The molecule has 19 heavy (non-hydrogen) atoms. The van der Waals surface area contributed by atoms with Gasteiger partial charge >= 0.3 is 0 Å². The molecule has 3 heterocycles. The molecule has 0 aliphatic heterocycles. The Kier molecular flexibility index (Phi) is 2.45. The van der Waals surface area contributed by atoms with Gasteiger partial charge in [0.1, 0.15) is 5.52 Å². The van der Waals surface area contributed by atoms with Crippen LogP contribution in [0, 0.1) is 20.8 Å². The van der Waals surface area contributed by atoms with Gasteiger partial charge in [0.05, 0.1) is 23.1 Å². The first kappa shape index (κ1) is 11.9. The normalized spacial score (nSPS) is 11.4. The van der Waals surface area contributed by atoms with Crippen molar-refractivity contribution in [1.82, 2.24) is 24.5 Å². The van der Waals surface area contributed by atoms with Gasteiger partial charge in [0, 0.05) is 25.4 Å². The van der Waals surface area contributed by atoms with Crippen molar-refractivity contribution in [3.8, 4) is 11.3 Å². The molecule has 0 N–H and O–H groups in total. The lowest BCUT2D eigenvalue weighted by Gasteiger charge is -2.05. The Balaban J connectivity index is 2.32. The predicted molar refractivity (Wildman–Crippen MR) is 74.9 cm³/mol. The quantitative estimate of drug-likeness (QED) is 0.670. The van der Waals surface area contributed by atoms with E-state index in [4.69, 9.17) is 4.98 Å². The lowest BCUT2D eigenvalue weighted by molar-refractivity contribution is 0.731. The van der Waals surface area contributed by atoms with Crippen LogP contribution >= 0.6 is 0 Å². The van der Waals surface area contributed by atoms with Gasteiger partial charge in [-0.1, -0.05) is 0 Å². The number of fused-ring (bicyclic) bond motifs is 1. The van der Waals surface area contributed by atoms with Crippen LogP contribution in [0.3, 0.4) is 0 Å². The molecule has 0 amide bonds. The summed E-state index contributed by atoms with van der Waals surface area (Å²) < 4.78 is 3.76. The van der Waals surface area contributed by atoms with Crippen LogP contribution < -0.4 is 0 Å². The second kappa shape index (κ2) is 3.91. The van der Waals surface area contributed by atoms with E-state index in [1.807, 2.05) is 36.6 Å². The standard InChI is InChI=1S/C14H17N5/c1-8-6-11(13-9(2)17-18(4)10(13)3)16-12-7-15-19(5)14(8)12/h6-7H,1-5H3. The molecule has 98 valence electrons. The fourth-order valence-corrected chi connectivity index (χ4v) is 2.67. The molecule has 0 spiro atoms. The zero-order valence-corrected chi connectivity index (χ0v) is 11.9. The van der Waals surface area contributed by atoms with Gasteiger partial charge in [-0.3, -0.25) is 9.36 Å². The molecule has 0 radical (unpaired) electrons. The highest BCUT2D eigenvalue weighted by Crippen LogP contribution is 2.28. The number of hydrogen-bond acceptors (Lipinski definition) is 3. The highest BCUT2D eigenvalue weighted by molar-refractivity contribution is 5.82. The predicted octanol–water partition coefficient (Wildman–Crippen LogP) is 2.29. The molecule has 0 bridgehead atoms. The lowest BCUT2D eigenvalue weighted by atomic mass is 10.1. The fourth-order valence-electron chi connectivity index (χ4n) is 2.67. The Morgan fingerprint density at radius 2 is 1.79 bits per heavy atom. The molecule has 0 aliphatic carbocycles. The van der Waals surface area contributed by atoms with Gasteiger partial charge in [-0.25, -0.2) is 4.98 Å². The van der Waals surface area contributed by atoms with Gasteiger partial charge in [-0.15, -0.1) is 0 Å². The zero-order chi connectivity index (χ0) is 13.7. The highest BCUT2D eigenvalue weighted by atomic mass is 15.3. The topological polar surface area (TPSA) is 48.5 Å². The number of hydrogen-bond donors (Lipinski definition) is 0. The summed E-state index contributed by atoms with van der Waals surface area (Å²) in [6.45, 7) is 6.18. The summed E-state index contributed by atoms with van der Waals surface area (Å²) >= 11 is 0. The maximum Gasteiger partial charge on any atom is 0.109 e. The number of pyridine rings is 1. The average molecular weight is 255 g/mol. The van der Waals surface area contributed by atoms with Crippen molar-refractivity contribution in [3.63, 3.8) is 0 Å². The van der Waals surface area contributed by atoms with Crippen molar-refractivity contribution in [2.75, 3.05) is 0 Å². The summed E-state index contributed by atoms with van der Waals surface area (Å²) in [4.78, 5) is 4.73. The van der Waals surface area contributed by atoms with Crippen LogP contribution in [0.4, 0.5) is 0 Å². The van der Waals surface area contributed by atoms with E-state index in [1.165, 1.54) is 5.56 Å². The Bertz CT molecular complexity index is 779. The van der Waals surface area contributed by atoms with Crippen LogP contribution in [0.15, 0.2) is 12.3 Å². The van der Waals surface area contributed by atoms with Crippen LogP contribution in [0.1, 0.15) is 17.0 Å². The first-order valence-electron chi connectivity index (χ1n) is 6.29. The van der Waals surface area contributed by atoms with Crippen molar-refractivity contribution in [2.24, 2.45) is 14.1 Å². The Morgan fingerprint density at radius 1 is 1.05 bits per heavy atom. The summed E-state index contributed by atoms with van der Waals surface area (Å²) in [7, 11) is 3.90. The molecule has 0 unspecified atom stereocenters. The monoisotopic (exact) mass is 255 g/mol. The van der Waals surface area contributed by atoms with E-state index in [2.05, 4.69) is 30.1 Å². The Morgan fingerprint density at radius 3 is 2.42 bits per heavy atom. The minimum Gasteiger partial charge on any atom is -0.272 e. The molecule has 0 saturated carbocycles. The van der Waals surface area contributed by atoms with Crippen LogP contribution in [0.25, 0.3) is 22.3 Å². The Hall–Kier alpha value is -2.17. The summed E-state index contributed by atoms with van der Waals surface area (Å²) in [6, 6.07) is 2.11. The van der Waals surface area contributed by atoms with E-state index in [0.717, 1.165) is 33.7 Å². The maximum atomic E-state index is 4.73. The van der Waals surface area contributed by atoms with Crippen molar-refractivity contribution in [1.29, 1.82) is 0 Å². The lowest BCUT2D eigenvalue weighted by Crippen LogP contribution is -1.95. The average Bonchev–Trinajstić information content (AvgIpc) is 2.82. The first-order chi connectivity index (χ1) is 8.99. The summed E-state index contributed by atoms with van der Waals surface area (Å²) in [6.07, 6.45) is 1.81. The SMILES string of the molecule is Cc1nn(C)c(C)c1-c1cc(C)c2c(cnn2C)n1. The number of nitrogens with zero attached hydrogens (tertiary/aromatic N) is 5. The minimum absolute atomic E-state index is 0.931. The zero-order valence-electron chi connectivity index (χ0n) is 11.9. The van der Waals surface area contributed by atoms with Crippen LogP contribution in [-0.4, -0.2) is 24.5 Å². The molecule has 3 rings (SSSR count). The third-order valence-corrected chi connectivity index (χ3v) is 3.65.